The molecule has 1 aromatic rings. The number of esters is 1. The number of carbonyl (C=O) groups is 1. The molecule has 2 rings (SSSR count). The maximum atomic E-state index is 11.8. The number of carbonyl (C=O) groups excluding carboxylic acids is 1. The molecule has 148 valence electrons. The minimum absolute atomic E-state index is 0.0669. The van der Waals surface area contributed by atoms with E-state index in [1.165, 1.54) is 12.5 Å². The van der Waals surface area contributed by atoms with Gasteiger partial charge in [0, 0.05) is 18.4 Å². The number of phenols is 1. The zero-order valence-electron chi connectivity index (χ0n) is 17.5. The normalized spacial score (nSPS) is 22.3. The molecule has 3 heteroatoms. The van der Waals surface area contributed by atoms with Gasteiger partial charge in [-0.1, -0.05) is 50.5 Å². The Balaban J connectivity index is 2.57. The maximum absolute atomic E-state index is 11.8. The van der Waals surface area contributed by atoms with E-state index >= 15 is 0 Å². The van der Waals surface area contributed by atoms with Crippen LogP contribution in [0, 0.1) is 5.41 Å². The summed E-state index contributed by atoms with van der Waals surface area (Å²) in [4.78, 5) is 11.8. The lowest BCUT2D eigenvalue weighted by molar-refractivity contribution is -0.131. The molecule has 3 nitrogen and oxygen atoms in total. The molecular formula is C24H34O3. The minimum atomic E-state index is -0.366. The molecule has 0 radical (unpaired) electrons. The first kappa shape index (κ1) is 21.3. The van der Waals surface area contributed by atoms with Crippen molar-refractivity contribution in [2.75, 3.05) is 0 Å². The molecule has 0 bridgehead atoms. The van der Waals surface area contributed by atoms with Crippen LogP contribution in [0.5, 0.6) is 11.5 Å². The van der Waals surface area contributed by atoms with Gasteiger partial charge in [-0.2, -0.15) is 0 Å². The quantitative estimate of drug-likeness (QED) is 0.259. The van der Waals surface area contributed by atoms with Gasteiger partial charge in [-0.15, -0.1) is 0 Å². The second-order valence-electron chi connectivity index (χ2n) is 8.27. The Morgan fingerprint density at radius 1 is 1.33 bits per heavy atom. The Hall–Kier alpha value is -2.03. The molecular weight excluding hydrogens is 336 g/mol. The Kier molecular flexibility index (Phi) is 6.91. The second-order valence-corrected chi connectivity index (χ2v) is 8.27. The van der Waals surface area contributed by atoms with E-state index in [4.69, 9.17) is 4.74 Å². The number of allylic oxidation sites excluding steroid dienone is 3. The molecule has 2 atom stereocenters. The predicted octanol–water partition coefficient (Wildman–Crippen LogP) is 6.46. The van der Waals surface area contributed by atoms with Gasteiger partial charge in [0.05, 0.1) is 0 Å². The molecule has 1 N–H and O–H groups in total. The van der Waals surface area contributed by atoms with Crippen molar-refractivity contribution in [1.82, 2.24) is 0 Å². The number of benzene rings is 1. The fraction of sp³-hybridized carbons (Fsp3) is 0.542. The third-order valence-corrected chi connectivity index (χ3v) is 5.96. The second kappa shape index (κ2) is 8.77. The summed E-state index contributed by atoms with van der Waals surface area (Å²) in [5.41, 5.74) is 3.90. The monoisotopic (exact) mass is 370 g/mol. The summed E-state index contributed by atoms with van der Waals surface area (Å²) in [6, 6.07) is 3.78. The van der Waals surface area contributed by atoms with Crippen molar-refractivity contribution in [1.29, 1.82) is 0 Å². The SMILES string of the molecule is C=C(C)C1(C)CCC(C)=CC1c1c(O)cc(CCCCC)cc1OC(C)=O. The van der Waals surface area contributed by atoms with Crippen molar-refractivity contribution in [3.63, 3.8) is 0 Å². The maximum Gasteiger partial charge on any atom is 0.308 e. The minimum Gasteiger partial charge on any atom is -0.507 e. The molecule has 0 aromatic heterocycles. The van der Waals surface area contributed by atoms with Gasteiger partial charge in [0.1, 0.15) is 11.5 Å². The van der Waals surface area contributed by atoms with Gasteiger partial charge >= 0.3 is 5.97 Å². The summed E-state index contributed by atoms with van der Waals surface area (Å²) >= 11 is 0. The average Bonchev–Trinajstić information content (AvgIpc) is 2.57. The largest absolute Gasteiger partial charge is 0.507 e. The molecule has 0 heterocycles. The Morgan fingerprint density at radius 3 is 2.63 bits per heavy atom. The molecule has 27 heavy (non-hydrogen) atoms. The van der Waals surface area contributed by atoms with Crippen molar-refractivity contribution in [3.8, 4) is 11.5 Å². The standard InChI is InChI=1S/C24H34O3/c1-7-8-9-10-19-14-21(26)23(22(15-19)27-18(5)25)20-13-17(4)11-12-24(20,6)16(2)3/h13-15,20,26H,2,7-12H2,1,3-6H3. The highest BCUT2D eigenvalue weighted by Gasteiger charge is 2.40. The fourth-order valence-corrected chi connectivity index (χ4v) is 3.99. The van der Waals surface area contributed by atoms with Crippen LogP contribution in [0.1, 0.15) is 83.8 Å². The van der Waals surface area contributed by atoms with Gasteiger partial charge in [0.2, 0.25) is 0 Å². The van der Waals surface area contributed by atoms with E-state index in [1.807, 2.05) is 19.1 Å². The molecule has 0 saturated carbocycles. The summed E-state index contributed by atoms with van der Waals surface area (Å²) in [5, 5.41) is 10.9. The highest BCUT2D eigenvalue weighted by molar-refractivity contribution is 5.71. The molecule has 0 fully saturated rings. The van der Waals surface area contributed by atoms with E-state index in [0.29, 0.717) is 11.3 Å². The number of hydrogen-bond donors (Lipinski definition) is 1. The van der Waals surface area contributed by atoms with Crippen molar-refractivity contribution in [3.05, 3.63) is 47.1 Å². The van der Waals surface area contributed by atoms with Crippen LogP contribution in [0.2, 0.25) is 0 Å². The molecule has 2 unspecified atom stereocenters. The number of aryl methyl sites for hydroxylation is 1. The van der Waals surface area contributed by atoms with Crippen molar-refractivity contribution < 1.29 is 14.6 Å². The highest BCUT2D eigenvalue weighted by Crippen LogP contribution is 2.54. The first-order chi connectivity index (χ1) is 12.7. The van der Waals surface area contributed by atoms with Crippen molar-refractivity contribution in [2.45, 2.75) is 79.1 Å². The van der Waals surface area contributed by atoms with Crippen LogP contribution in [0.4, 0.5) is 0 Å². The fourth-order valence-electron chi connectivity index (χ4n) is 3.99. The number of phenolic OH excluding ortho intramolecular Hbond substituents is 1. The van der Waals surface area contributed by atoms with E-state index in [-0.39, 0.29) is 23.1 Å². The molecule has 0 aliphatic heterocycles. The molecule has 0 amide bonds. The van der Waals surface area contributed by atoms with E-state index in [9.17, 15) is 9.90 Å². The Morgan fingerprint density at radius 2 is 2.04 bits per heavy atom. The van der Waals surface area contributed by atoms with Crippen LogP contribution < -0.4 is 4.74 Å². The zero-order valence-corrected chi connectivity index (χ0v) is 17.5. The zero-order chi connectivity index (χ0) is 20.2. The number of hydrogen-bond acceptors (Lipinski definition) is 3. The van der Waals surface area contributed by atoms with E-state index in [2.05, 4.69) is 33.4 Å². The van der Waals surface area contributed by atoms with Crippen LogP contribution in [-0.4, -0.2) is 11.1 Å². The molecule has 1 aliphatic rings. The molecule has 1 aliphatic carbocycles. The van der Waals surface area contributed by atoms with Gasteiger partial charge < -0.3 is 9.84 Å². The molecule has 0 spiro atoms. The lowest BCUT2D eigenvalue weighted by Gasteiger charge is -2.41. The van der Waals surface area contributed by atoms with Crippen LogP contribution in [0.3, 0.4) is 0 Å². The highest BCUT2D eigenvalue weighted by atomic mass is 16.5. The lowest BCUT2D eigenvalue weighted by atomic mass is 9.63. The van der Waals surface area contributed by atoms with E-state index in [0.717, 1.165) is 49.7 Å². The average molecular weight is 371 g/mol. The summed E-state index contributed by atoms with van der Waals surface area (Å²) < 4.78 is 5.58. The van der Waals surface area contributed by atoms with Crippen LogP contribution in [0.15, 0.2) is 35.9 Å². The summed E-state index contributed by atoms with van der Waals surface area (Å²) in [6.45, 7) is 14.1. The number of aromatic hydroxyl groups is 1. The summed E-state index contributed by atoms with van der Waals surface area (Å²) in [6.07, 6.45) is 8.39. The topological polar surface area (TPSA) is 46.5 Å². The first-order valence-electron chi connectivity index (χ1n) is 10.1. The smallest absolute Gasteiger partial charge is 0.308 e. The summed E-state index contributed by atoms with van der Waals surface area (Å²) in [7, 11) is 0. The van der Waals surface area contributed by atoms with Crippen LogP contribution in [0.25, 0.3) is 0 Å². The number of rotatable bonds is 7. The van der Waals surface area contributed by atoms with E-state index < -0.39 is 0 Å². The van der Waals surface area contributed by atoms with Crippen molar-refractivity contribution >= 4 is 5.97 Å². The predicted molar refractivity (Wildman–Crippen MR) is 111 cm³/mol. The first-order valence-corrected chi connectivity index (χ1v) is 10.1. The van der Waals surface area contributed by atoms with Gasteiger partial charge in [-0.05, 0) is 62.6 Å². The third kappa shape index (κ3) is 4.82. The van der Waals surface area contributed by atoms with Crippen LogP contribution in [-0.2, 0) is 11.2 Å². The van der Waals surface area contributed by atoms with Crippen molar-refractivity contribution in [2.24, 2.45) is 5.41 Å². The Labute approximate surface area is 164 Å². The van der Waals surface area contributed by atoms with Crippen LogP contribution >= 0.6 is 0 Å². The number of ether oxygens (including phenoxy) is 1. The lowest BCUT2D eigenvalue weighted by Crippen LogP contribution is -2.29. The Bertz CT molecular complexity index is 744. The van der Waals surface area contributed by atoms with Gasteiger partial charge in [-0.25, -0.2) is 0 Å². The number of unbranched alkanes of at least 4 members (excludes halogenated alkanes) is 2. The third-order valence-electron chi connectivity index (χ3n) is 5.96. The molecule has 1 aromatic carbocycles. The van der Waals surface area contributed by atoms with E-state index in [1.54, 1.807) is 0 Å². The van der Waals surface area contributed by atoms with Gasteiger partial charge in [0.25, 0.3) is 0 Å². The summed E-state index contributed by atoms with van der Waals surface area (Å²) in [5.74, 6) is 0.263. The van der Waals surface area contributed by atoms with Gasteiger partial charge in [0.15, 0.2) is 0 Å². The van der Waals surface area contributed by atoms with Gasteiger partial charge in [-0.3, -0.25) is 4.79 Å². The molecule has 0 saturated heterocycles.